The molecule has 1 aliphatic rings. The first-order valence-electron chi connectivity index (χ1n) is 5.61. The zero-order chi connectivity index (χ0) is 10.7. The van der Waals surface area contributed by atoms with E-state index in [1.54, 1.807) is 12.4 Å². The van der Waals surface area contributed by atoms with E-state index in [9.17, 15) is 0 Å². The molecule has 0 atom stereocenters. The molecular weight excluding hydrogens is 188 g/mol. The van der Waals surface area contributed by atoms with Crippen LogP contribution in [0.5, 0.6) is 5.75 Å². The number of aromatic nitrogens is 1. The van der Waals surface area contributed by atoms with Gasteiger partial charge in [-0.1, -0.05) is 6.92 Å². The van der Waals surface area contributed by atoms with E-state index in [1.807, 2.05) is 6.07 Å². The van der Waals surface area contributed by atoms with Crippen LogP contribution in [0.1, 0.15) is 32.6 Å². The van der Waals surface area contributed by atoms with E-state index < -0.39 is 0 Å². The highest BCUT2D eigenvalue weighted by Gasteiger charge is 2.19. The van der Waals surface area contributed by atoms with E-state index in [2.05, 4.69) is 11.9 Å². The minimum Gasteiger partial charge on any atom is -0.489 e. The van der Waals surface area contributed by atoms with Crippen molar-refractivity contribution in [2.45, 2.75) is 38.7 Å². The Balaban J connectivity index is 1.92. The van der Waals surface area contributed by atoms with Gasteiger partial charge in [-0.3, -0.25) is 4.98 Å². The molecule has 15 heavy (non-hydrogen) atoms. The molecule has 1 saturated carbocycles. The van der Waals surface area contributed by atoms with Gasteiger partial charge in [0.1, 0.15) is 5.75 Å². The molecule has 2 rings (SSSR count). The van der Waals surface area contributed by atoms with Crippen LogP contribution in [0.4, 0.5) is 5.69 Å². The summed E-state index contributed by atoms with van der Waals surface area (Å²) in [4.78, 5) is 4.01. The Morgan fingerprint density at radius 3 is 2.67 bits per heavy atom. The first kappa shape index (κ1) is 10.3. The molecular formula is C12H18N2O. The lowest BCUT2D eigenvalue weighted by Gasteiger charge is -2.26. The molecule has 0 bridgehead atoms. The van der Waals surface area contributed by atoms with Gasteiger partial charge in [-0.05, 0) is 31.6 Å². The fraction of sp³-hybridized carbons (Fsp3) is 0.583. The van der Waals surface area contributed by atoms with Crippen LogP contribution in [0.2, 0.25) is 0 Å². The predicted octanol–water partition coefficient (Wildman–Crippen LogP) is 2.62. The normalized spacial score (nSPS) is 26.2. The van der Waals surface area contributed by atoms with Gasteiger partial charge in [0.15, 0.2) is 0 Å². The molecule has 0 saturated heterocycles. The van der Waals surface area contributed by atoms with E-state index in [1.165, 1.54) is 12.8 Å². The van der Waals surface area contributed by atoms with Gasteiger partial charge in [-0.15, -0.1) is 0 Å². The molecule has 0 unspecified atom stereocenters. The van der Waals surface area contributed by atoms with Crippen LogP contribution >= 0.6 is 0 Å². The molecule has 1 aromatic rings. The van der Waals surface area contributed by atoms with E-state index in [-0.39, 0.29) is 0 Å². The van der Waals surface area contributed by atoms with E-state index in [0.717, 1.165) is 24.5 Å². The van der Waals surface area contributed by atoms with Gasteiger partial charge in [0.2, 0.25) is 0 Å². The van der Waals surface area contributed by atoms with Crippen molar-refractivity contribution in [3.8, 4) is 5.75 Å². The van der Waals surface area contributed by atoms with E-state index >= 15 is 0 Å². The Bertz CT molecular complexity index is 319. The number of anilines is 1. The quantitative estimate of drug-likeness (QED) is 0.809. The minimum atomic E-state index is 0.352. The summed E-state index contributed by atoms with van der Waals surface area (Å²) in [7, 11) is 0. The van der Waals surface area contributed by atoms with Gasteiger partial charge in [-0.2, -0.15) is 0 Å². The molecule has 3 heteroatoms. The largest absolute Gasteiger partial charge is 0.489 e. The van der Waals surface area contributed by atoms with Gasteiger partial charge in [0.05, 0.1) is 24.2 Å². The van der Waals surface area contributed by atoms with Crippen molar-refractivity contribution in [1.82, 2.24) is 4.98 Å². The fourth-order valence-electron chi connectivity index (χ4n) is 2.04. The van der Waals surface area contributed by atoms with Gasteiger partial charge >= 0.3 is 0 Å². The second kappa shape index (κ2) is 4.51. The van der Waals surface area contributed by atoms with Crippen molar-refractivity contribution < 1.29 is 4.74 Å². The van der Waals surface area contributed by atoms with Crippen molar-refractivity contribution >= 4 is 5.69 Å². The van der Waals surface area contributed by atoms with Gasteiger partial charge in [0.25, 0.3) is 0 Å². The third kappa shape index (κ3) is 2.85. The predicted molar refractivity (Wildman–Crippen MR) is 60.7 cm³/mol. The molecule has 1 aliphatic carbocycles. The molecule has 1 aromatic heterocycles. The number of hydrogen-bond donors (Lipinski definition) is 1. The summed E-state index contributed by atoms with van der Waals surface area (Å²) in [6.07, 6.45) is 8.54. The maximum Gasteiger partial charge on any atom is 0.140 e. The molecule has 0 amide bonds. The lowest BCUT2D eigenvalue weighted by molar-refractivity contribution is 0.135. The summed E-state index contributed by atoms with van der Waals surface area (Å²) in [5.41, 5.74) is 6.31. The van der Waals surface area contributed by atoms with Crippen LogP contribution in [-0.2, 0) is 0 Å². The summed E-state index contributed by atoms with van der Waals surface area (Å²) >= 11 is 0. The molecule has 82 valence electrons. The highest BCUT2D eigenvalue weighted by atomic mass is 16.5. The lowest BCUT2D eigenvalue weighted by Crippen LogP contribution is -2.23. The fourth-order valence-corrected chi connectivity index (χ4v) is 2.04. The van der Waals surface area contributed by atoms with Crippen molar-refractivity contribution in [2.75, 3.05) is 5.73 Å². The molecule has 1 fully saturated rings. The van der Waals surface area contributed by atoms with Crippen LogP contribution < -0.4 is 10.5 Å². The summed E-state index contributed by atoms with van der Waals surface area (Å²) in [5, 5.41) is 0. The van der Waals surface area contributed by atoms with Crippen LogP contribution in [0.25, 0.3) is 0 Å². The van der Waals surface area contributed by atoms with Crippen molar-refractivity contribution in [2.24, 2.45) is 5.92 Å². The van der Waals surface area contributed by atoms with Crippen LogP contribution in [0.3, 0.4) is 0 Å². The van der Waals surface area contributed by atoms with E-state index in [0.29, 0.717) is 11.8 Å². The van der Waals surface area contributed by atoms with Gasteiger partial charge in [0, 0.05) is 6.07 Å². The zero-order valence-corrected chi connectivity index (χ0v) is 9.15. The second-order valence-corrected chi connectivity index (χ2v) is 4.45. The molecule has 0 aromatic carbocycles. The number of nitrogens with zero attached hydrogens (tertiary/aromatic N) is 1. The highest BCUT2D eigenvalue weighted by Crippen LogP contribution is 2.27. The number of nitrogen functional groups attached to an aromatic ring is 1. The molecule has 3 nitrogen and oxygen atoms in total. The molecule has 0 aliphatic heterocycles. The summed E-state index contributed by atoms with van der Waals surface area (Å²) in [6.45, 7) is 2.30. The molecule has 1 heterocycles. The maximum absolute atomic E-state index is 5.84. The Labute approximate surface area is 90.7 Å². The number of nitrogens with two attached hydrogens (primary N) is 1. The van der Waals surface area contributed by atoms with Crippen LogP contribution in [0.15, 0.2) is 18.5 Å². The number of rotatable bonds is 2. The van der Waals surface area contributed by atoms with Crippen molar-refractivity contribution in [3.63, 3.8) is 0 Å². The minimum absolute atomic E-state index is 0.352. The third-order valence-corrected chi connectivity index (χ3v) is 3.00. The number of ether oxygens (including phenoxy) is 1. The van der Waals surface area contributed by atoms with Gasteiger partial charge in [-0.25, -0.2) is 0 Å². The topological polar surface area (TPSA) is 48.1 Å². The smallest absolute Gasteiger partial charge is 0.140 e. The Hall–Kier alpha value is -1.25. The summed E-state index contributed by atoms with van der Waals surface area (Å²) in [5.74, 6) is 1.65. The standard InChI is InChI=1S/C12H18N2O/c1-9-2-4-11(5-3-9)15-12-6-10(13)7-14-8-12/h6-9,11H,2-5,13H2,1H3. The molecule has 0 spiro atoms. The van der Waals surface area contributed by atoms with Crippen LogP contribution in [0, 0.1) is 5.92 Å². The zero-order valence-electron chi connectivity index (χ0n) is 9.15. The maximum atomic E-state index is 5.84. The average molecular weight is 206 g/mol. The average Bonchev–Trinajstić information content (AvgIpc) is 2.22. The summed E-state index contributed by atoms with van der Waals surface area (Å²) < 4.78 is 5.84. The van der Waals surface area contributed by atoms with Crippen LogP contribution in [-0.4, -0.2) is 11.1 Å². The molecule has 0 radical (unpaired) electrons. The second-order valence-electron chi connectivity index (χ2n) is 4.45. The summed E-state index contributed by atoms with van der Waals surface area (Å²) in [6, 6.07) is 1.84. The Kier molecular flexibility index (Phi) is 3.09. The SMILES string of the molecule is CC1CCC(Oc2cncc(N)c2)CC1. The lowest BCUT2D eigenvalue weighted by atomic mass is 9.89. The van der Waals surface area contributed by atoms with Gasteiger partial charge < -0.3 is 10.5 Å². The van der Waals surface area contributed by atoms with E-state index in [4.69, 9.17) is 10.5 Å². The van der Waals surface area contributed by atoms with Crippen molar-refractivity contribution in [3.05, 3.63) is 18.5 Å². The Morgan fingerprint density at radius 1 is 1.27 bits per heavy atom. The third-order valence-electron chi connectivity index (χ3n) is 3.00. The molecule has 2 N–H and O–H groups in total. The number of pyridine rings is 1. The highest BCUT2D eigenvalue weighted by molar-refractivity contribution is 5.40. The first-order chi connectivity index (χ1) is 7.24. The first-order valence-corrected chi connectivity index (χ1v) is 5.61. The van der Waals surface area contributed by atoms with Crippen molar-refractivity contribution in [1.29, 1.82) is 0 Å². The Morgan fingerprint density at radius 2 is 2.00 bits per heavy atom. The monoisotopic (exact) mass is 206 g/mol. The number of hydrogen-bond acceptors (Lipinski definition) is 3.